The number of anilines is 1. The summed E-state index contributed by atoms with van der Waals surface area (Å²) >= 11 is 0. The Morgan fingerprint density at radius 2 is 1.82 bits per heavy atom. The van der Waals surface area contributed by atoms with Gasteiger partial charge in [-0.2, -0.15) is 0 Å². The van der Waals surface area contributed by atoms with Crippen molar-refractivity contribution in [2.24, 2.45) is 5.41 Å². The minimum Gasteiger partial charge on any atom is -0.357 e. The molecule has 3 N–H and O–H groups in total. The smallest absolute Gasteiger partial charge is 0.224 e. The molecule has 2 aromatic heterocycles. The maximum absolute atomic E-state index is 13.6. The third-order valence-corrected chi connectivity index (χ3v) is 6.28. The predicted octanol–water partition coefficient (Wildman–Crippen LogP) is 4.13. The van der Waals surface area contributed by atoms with Crippen molar-refractivity contribution in [2.75, 3.05) is 32.1 Å². The van der Waals surface area contributed by atoms with Crippen LogP contribution in [0.3, 0.4) is 0 Å². The van der Waals surface area contributed by atoms with Crippen LogP contribution in [0.4, 0.5) is 10.3 Å². The highest BCUT2D eigenvalue weighted by atomic mass is 19.1. The molecule has 196 valence electrons. The second-order valence-corrected chi connectivity index (χ2v) is 9.57. The molecule has 9 nitrogen and oxygen atoms in total. The molecule has 4 aromatic rings. The van der Waals surface area contributed by atoms with Gasteiger partial charge in [-0.3, -0.25) is 4.79 Å². The number of rotatable bonds is 8. The summed E-state index contributed by atoms with van der Waals surface area (Å²) in [5.41, 5.74) is 3.13. The maximum Gasteiger partial charge on any atom is 0.224 e. The number of aromatic nitrogens is 4. The van der Waals surface area contributed by atoms with Gasteiger partial charge < -0.3 is 25.1 Å². The van der Waals surface area contributed by atoms with Gasteiger partial charge in [-0.1, -0.05) is 37.3 Å². The van der Waals surface area contributed by atoms with E-state index in [1.807, 2.05) is 37.3 Å². The summed E-state index contributed by atoms with van der Waals surface area (Å²) in [5.74, 6) is 0.544. The number of carbonyl (C=O) groups is 1. The second kappa shape index (κ2) is 11.1. The van der Waals surface area contributed by atoms with E-state index in [1.54, 1.807) is 31.4 Å². The molecule has 10 heteroatoms. The number of halogens is 1. The Bertz CT molecular complexity index is 1390. The van der Waals surface area contributed by atoms with E-state index in [4.69, 9.17) is 14.5 Å². The Morgan fingerprint density at radius 3 is 2.53 bits per heavy atom. The molecule has 1 saturated heterocycles. The maximum atomic E-state index is 13.6. The van der Waals surface area contributed by atoms with Crippen molar-refractivity contribution < 1.29 is 18.7 Å². The molecule has 38 heavy (non-hydrogen) atoms. The minimum absolute atomic E-state index is 0.0510. The van der Waals surface area contributed by atoms with E-state index < -0.39 is 11.7 Å². The van der Waals surface area contributed by atoms with Crippen LogP contribution in [-0.2, 0) is 20.7 Å². The van der Waals surface area contributed by atoms with Crippen molar-refractivity contribution in [3.8, 4) is 22.6 Å². The summed E-state index contributed by atoms with van der Waals surface area (Å²) in [7, 11) is 1.74. The molecule has 2 aromatic carbocycles. The van der Waals surface area contributed by atoms with Crippen molar-refractivity contribution in [3.05, 3.63) is 84.1 Å². The average molecular weight is 517 g/mol. The number of amides is 1. The molecule has 5 rings (SSSR count). The van der Waals surface area contributed by atoms with E-state index in [-0.39, 0.29) is 11.7 Å². The predicted molar refractivity (Wildman–Crippen MR) is 140 cm³/mol. The summed E-state index contributed by atoms with van der Waals surface area (Å²) in [4.78, 5) is 29.2. The zero-order valence-electron chi connectivity index (χ0n) is 21.2. The average Bonchev–Trinajstić information content (AvgIpc) is 3.39. The third-order valence-electron chi connectivity index (χ3n) is 6.28. The molecule has 1 aliphatic rings. The highest BCUT2D eigenvalue weighted by Crippen LogP contribution is 2.35. The highest BCUT2D eigenvalue weighted by Gasteiger charge is 2.35. The number of aromatic amines is 1. The quantitative estimate of drug-likeness (QED) is 0.323. The van der Waals surface area contributed by atoms with Crippen LogP contribution >= 0.6 is 0 Å². The fraction of sp³-hybridized carbons (Fsp3) is 0.286. The van der Waals surface area contributed by atoms with Gasteiger partial charge in [0.1, 0.15) is 5.82 Å². The van der Waals surface area contributed by atoms with Gasteiger partial charge in [0.2, 0.25) is 18.1 Å². The van der Waals surface area contributed by atoms with Gasteiger partial charge in [-0.15, -0.1) is 0 Å². The highest BCUT2D eigenvalue weighted by molar-refractivity contribution is 5.78. The largest absolute Gasteiger partial charge is 0.357 e. The van der Waals surface area contributed by atoms with Crippen LogP contribution < -0.4 is 10.6 Å². The SMILES string of the molecule is CNc1nccc(-c2[nH]c(C3OCC(C)(CNC(=O)Cc4ccccc4)CO3)nc2-c2ccc(F)cc2)n1. The third kappa shape index (κ3) is 5.87. The molecule has 0 spiro atoms. The van der Waals surface area contributed by atoms with Crippen molar-refractivity contribution >= 4 is 11.9 Å². The summed E-state index contributed by atoms with van der Waals surface area (Å²) in [6.07, 6.45) is 1.23. The lowest BCUT2D eigenvalue weighted by Gasteiger charge is -2.36. The molecule has 0 unspecified atom stereocenters. The number of imidazole rings is 1. The van der Waals surface area contributed by atoms with E-state index in [0.717, 1.165) is 11.1 Å². The van der Waals surface area contributed by atoms with E-state index in [0.29, 0.717) is 55.0 Å². The molecule has 0 radical (unpaired) electrons. The Kier molecular flexibility index (Phi) is 7.43. The molecule has 0 atom stereocenters. The van der Waals surface area contributed by atoms with Crippen molar-refractivity contribution in [1.29, 1.82) is 0 Å². The summed E-state index contributed by atoms with van der Waals surface area (Å²) in [6.45, 7) is 3.15. The molecule has 1 amide bonds. The zero-order chi connectivity index (χ0) is 26.5. The van der Waals surface area contributed by atoms with Gasteiger partial charge in [0.15, 0.2) is 5.82 Å². The molecule has 3 heterocycles. The number of H-pyrrole nitrogens is 1. The van der Waals surface area contributed by atoms with Crippen LogP contribution in [0.1, 0.15) is 24.6 Å². The topological polar surface area (TPSA) is 114 Å². The van der Waals surface area contributed by atoms with Crippen molar-refractivity contribution in [1.82, 2.24) is 25.3 Å². The van der Waals surface area contributed by atoms with E-state index in [9.17, 15) is 9.18 Å². The Hall–Kier alpha value is -4.15. The fourth-order valence-corrected chi connectivity index (χ4v) is 4.18. The lowest BCUT2D eigenvalue weighted by atomic mass is 9.92. The lowest BCUT2D eigenvalue weighted by Crippen LogP contribution is -2.45. The van der Waals surface area contributed by atoms with E-state index in [2.05, 4.69) is 25.6 Å². The molecule has 0 aliphatic carbocycles. The van der Waals surface area contributed by atoms with Gasteiger partial charge >= 0.3 is 0 Å². The first-order valence-corrected chi connectivity index (χ1v) is 12.3. The molecular weight excluding hydrogens is 487 g/mol. The first kappa shape index (κ1) is 25.5. The molecule has 0 saturated carbocycles. The molecule has 1 fully saturated rings. The molecule has 1 aliphatic heterocycles. The van der Waals surface area contributed by atoms with Crippen molar-refractivity contribution in [3.63, 3.8) is 0 Å². The van der Waals surface area contributed by atoms with Crippen LogP contribution in [-0.4, -0.2) is 52.6 Å². The van der Waals surface area contributed by atoms with Crippen LogP contribution in [0.25, 0.3) is 22.6 Å². The molecule has 0 bridgehead atoms. The normalized spacial score (nSPS) is 19.2. The summed E-state index contributed by atoms with van der Waals surface area (Å²) < 4.78 is 25.7. The Labute approximate surface area is 219 Å². The van der Waals surface area contributed by atoms with Gasteiger partial charge in [0.05, 0.1) is 36.7 Å². The van der Waals surface area contributed by atoms with Crippen LogP contribution in [0, 0.1) is 11.2 Å². The van der Waals surface area contributed by atoms with Gasteiger partial charge in [-0.05, 0) is 35.9 Å². The van der Waals surface area contributed by atoms with Crippen LogP contribution in [0.2, 0.25) is 0 Å². The van der Waals surface area contributed by atoms with Gasteiger partial charge in [-0.25, -0.2) is 19.3 Å². The zero-order valence-corrected chi connectivity index (χ0v) is 21.2. The number of nitrogens with one attached hydrogen (secondary N) is 3. The number of hydrogen-bond donors (Lipinski definition) is 3. The fourth-order valence-electron chi connectivity index (χ4n) is 4.18. The van der Waals surface area contributed by atoms with Gasteiger partial charge in [0, 0.05) is 30.8 Å². The number of carbonyl (C=O) groups excluding carboxylic acids is 1. The Balaban J connectivity index is 1.30. The summed E-state index contributed by atoms with van der Waals surface area (Å²) in [5, 5.41) is 5.93. The van der Waals surface area contributed by atoms with E-state index >= 15 is 0 Å². The number of ether oxygens (including phenoxy) is 2. The first-order valence-electron chi connectivity index (χ1n) is 12.3. The second-order valence-electron chi connectivity index (χ2n) is 9.57. The number of hydrogen-bond acceptors (Lipinski definition) is 7. The summed E-state index contributed by atoms with van der Waals surface area (Å²) in [6, 6.07) is 17.5. The monoisotopic (exact) mass is 516 g/mol. The Morgan fingerprint density at radius 1 is 1.08 bits per heavy atom. The number of nitrogens with zero attached hydrogens (tertiary/aromatic N) is 3. The molecular formula is C28H29FN6O3. The minimum atomic E-state index is -0.735. The standard InChI is InChI=1S/C28H29FN6O3/c1-28(15-32-22(36)14-18-6-4-3-5-7-18)16-37-26(38-17-28)25-34-23(19-8-10-20(29)11-9-19)24(35-25)21-12-13-31-27(30-2)33-21/h3-13,26H,14-17H2,1-2H3,(H,32,36)(H,34,35)(H,30,31,33). The van der Waals surface area contributed by atoms with Crippen LogP contribution in [0.5, 0.6) is 0 Å². The van der Waals surface area contributed by atoms with Crippen LogP contribution in [0.15, 0.2) is 66.9 Å². The first-order chi connectivity index (χ1) is 18.4. The van der Waals surface area contributed by atoms with E-state index in [1.165, 1.54) is 12.1 Å². The van der Waals surface area contributed by atoms with Gasteiger partial charge in [0.25, 0.3) is 0 Å². The number of benzene rings is 2. The lowest BCUT2D eigenvalue weighted by molar-refractivity contribution is -0.232. The van der Waals surface area contributed by atoms with Crippen molar-refractivity contribution in [2.45, 2.75) is 19.6 Å².